The van der Waals surface area contributed by atoms with Gasteiger partial charge in [-0.3, -0.25) is 9.79 Å². The third-order valence-electron chi connectivity index (χ3n) is 6.07. The molecule has 36 heavy (non-hydrogen) atoms. The van der Waals surface area contributed by atoms with Gasteiger partial charge in [0.05, 0.1) is 22.0 Å². The molecule has 1 aliphatic rings. The molecule has 2 N–H and O–H groups in total. The fourth-order valence-corrected chi connectivity index (χ4v) is 5.84. The Morgan fingerprint density at radius 3 is 2.47 bits per heavy atom. The van der Waals surface area contributed by atoms with E-state index in [1.54, 1.807) is 18.9 Å². The molecule has 0 aliphatic carbocycles. The number of halogens is 2. The zero-order chi connectivity index (χ0) is 26.5. The standard InChI is InChI=1S/C26H34Cl2N4O3S/c1-18-21(27)12-13-22(24(18)28)36(34,35)17-29-14-6-5-7-23(33)32(4)15-19-8-10-20(11-9-19)25-30-16-26(2,3)31-25/h8-13,29H,5-7,14-17H2,1-4H3,(H,30,31). The van der Waals surface area contributed by atoms with Gasteiger partial charge in [-0.15, -0.1) is 0 Å². The van der Waals surface area contributed by atoms with Crippen LogP contribution in [0.15, 0.2) is 46.3 Å². The van der Waals surface area contributed by atoms with Crippen LogP contribution in [0.3, 0.4) is 0 Å². The summed E-state index contributed by atoms with van der Waals surface area (Å²) in [5.74, 6) is 0.735. The second kappa shape index (κ2) is 11.9. The quantitative estimate of drug-likeness (QED) is 0.398. The maximum Gasteiger partial charge on any atom is 0.222 e. The highest BCUT2D eigenvalue weighted by Crippen LogP contribution is 2.30. The maximum atomic E-state index is 12.6. The van der Waals surface area contributed by atoms with Gasteiger partial charge in [0.2, 0.25) is 5.91 Å². The van der Waals surface area contributed by atoms with Crippen molar-refractivity contribution in [1.82, 2.24) is 15.5 Å². The summed E-state index contributed by atoms with van der Waals surface area (Å²) < 4.78 is 25.2. The van der Waals surface area contributed by atoms with Crippen molar-refractivity contribution in [3.05, 3.63) is 63.1 Å². The summed E-state index contributed by atoms with van der Waals surface area (Å²) in [6, 6.07) is 11.1. The van der Waals surface area contributed by atoms with Crippen LogP contribution in [-0.2, 0) is 21.2 Å². The molecule has 0 saturated heterocycles. The number of amides is 1. The molecule has 10 heteroatoms. The average molecular weight is 554 g/mol. The van der Waals surface area contributed by atoms with Crippen molar-refractivity contribution in [3.8, 4) is 0 Å². The van der Waals surface area contributed by atoms with Crippen LogP contribution in [-0.4, -0.2) is 56.6 Å². The molecule has 0 fully saturated rings. The number of hydrogen-bond acceptors (Lipinski definition) is 6. The Kier molecular flexibility index (Phi) is 9.44. The largest absolute Gasteiger partial charge is 0.363 e. The predicted molar refractivity (Wildman–Crippen MR) is 147 cm³/mol. The molecule has 1 aliphatic heterocycles. The minimum atomic E-state index is -3.58. The van der Waals surface area contributed by atoms with E-state index in [-0.39, 0.29) is 27.2 Å². The zero-order valence-corrected chi connectivity index (χ0v) is 23.5. The predicted octanol–water partition coefficient (Wildman–Crippen LogP) is 4.58. The summed E-state index contributed by atoms with van der Waals surface area (Å²) in [7, 11) is -1.79. The number of aliphatic imine (C=N–C) groups is 1. The number of carbonyl (C=O) groups excluding carboxylic acids is 1. The van der Waals surface area contributed by atoms with E-state index in [9.17, 15) is 13.2 Å². The first kappa shape index (κ1) is 28.4. The summed E-state index contributed by atoms with van der Waals surface area (Å²) in [6.07, 6.45) is 1.75. The molecule has 3 rings (SSSR count). The molecule has 196 valence electrons. The fourth-order valence-electron chi connectivity index (χ4n) is 3.85. The van der Waals surface area contributed by atoms with Gasteiger partial charge in [-0.25, -0.2) is 8.42 Å². The minimum absolute atomic E-state index is 0.0199. The van der Waals surface area contributed by atoms with E-state index in [2.05, 4.69) is 29.5 Å². The lowest BCUT2D eigenvalue weighted by Gasteiger charge is -2.19. The maximum absolute atomic E-state index is 12.6. The first-order valence-electron chi connectivity index (χ1n) is 11.9. The highest BCUT2D eigenvalue weighted by atomic mass is 35.5. The zero-order valence-electron chi connectivity index (χ0n) is 21.2. The van der Waals surface area contributed by atoms with Crippen LogP contribution in [0.25, 0.3) is 0 Å². The lowest BCUT2D eigenvalue weighted by atomic mass is 10.1. The van der Waals surface area contributed by atoms with Crippen molar-refractivity contribution in [2.75, 3.05) is 26.0 Å². The summed E-state index contributed by atoms with van der Waals surface area (Å²) in [5.41, 5.74) is 2.62. The molecule has 1 amide bonds. The van der Waals surface area contributed by atoms with Gasteiger partial charge in [-0.1, -0.05) is 47.5 Å². The van der Waals surface area contributed by atoms with E-state index < -0.39 is 9.84 Å². The van der Waals surface area contributed by atoms with Gasteiger partial charge < -0.3 is 15.5 Å². The third-order valence-corrected chi connectivity index (χ3v) is 8.67. The van der Waals surface area contributed by atoms with Crippen molar-refractivity contribution in [1.29, 1.82) is 0 Å². The molecule has 0 aromatic heterocycles. The normalized spacial score (nSPS) is 14.9. The summed E-state index contributed by atoms with van der Waals surface area (Å²) in [4.78, 5) is 18.9. The minimum Gasteiger partial charge on any atom is -0.363 e. The molecule has 1 heterocycles. The van der Waals surface area contributed by atoms with Crippen molar-refractivity contribution < 1.29 is 13.2 Å². The first-order valence-corrected chi connectivity index (χ1v) is 14.3. The van der Waals surface area contributed by atoms with Gasteiger partial charge in [0.25, 0.3) is 0 Å². The Hall–Kier alpha value is -2.13. The molecule has 0 radical (unpaired) electrons. The number of benzene rings is 2. The number of rotatable bonds is 11. The summed E-state index contributed by atoms with van der Waals surface area (Å²) in [5, 5.41) is 6.95. The fraction of sp³-hybridized carbons (Fsp3) is 0.462. The van der Waals surface area contributed by atoms with Crippen LogP contribution in [0.5, 0.6) is 0 Å². The Balaban J connectivity index is 1.37. The molecule has 7 nitrogen and oxygen atoms in total. The lowest BCUT2D eigenvalue weighted by Crippen LogP contribution is -2.39. The Labute approximate surface area is 224 Å². The molecule has 2 aromatic carbocycles. The number of amidine groups is 1. The van der Waals surface area contributed by atoms with Crippen molar-refractivity contribution in [3.63, 3.8) is 0 Å². The third kappa shape index (κ3) is 7.44. The van der Waals surface area contributed by atoms with Crippen LogP contribution in [0.4, 0.5) is 0 Å². The summed E-state index contributed by atoms with van der Waals surface area (Å²) >= 11 is 12.2. The van der Waals surface area contributed by atoms with E-state index in [1.165, 1.54) is 12.1 Å². The molecular weight excluding hydrogens is 519 g/mol. The van der Waals surface area contributed by atoms with Crippen LogP contribution >= 0.6 is 23.2 Å². The van der Waals surface area contributed by atoms with Crippen LogP contribution in [0.1, 0.15) is 49.8 Å². The van der Waals surface area contributed by atoms with Gasteiger partial charge in [-0.05, 0) is 63.4 Å². The highest BCUT2D eigenvalue weighted by Gasteiger charge is 2.25. The second-order valence-corrected chi connectivity index (χ2v) is 12.6. The Morgan fingerprint density at radius 1 is 1.14 bits per heavy atom. The van der Waals surface area contributed by atoms with E-state index in [4.69, 9.17) is 23.2 Å². The van der Waals surface area contributed by atoms with Crippen LogP contribution < -0.4 is 10.6 Å². The monoisotopic (exact) mass is 552 g/mol. The van der Waals surface area contributed by atoms with Gasteiger partial charge in [-0.2, -0.15) is 0 Å². The second-order valence-electron chi connectivity index (χ2n) is 9.82. The van der Waals surface area contributed by atoms with Gasteiger partial charge in [0, 0.05) is 30.6 Å². The molecule has 0 bridgehead atoms. The van der Waals surface area contributed by atoms with Gasteiger partial charge >= 0.3 is 0 Å². The molecule has 0 saturated carbocycles. The average Bonchev–Trinajstić information content (AvgIpc) is 3.19. The Morgan fingerprint density at radius 2 is 1.83 bits per heavy atom. The summed E-state index contributed by atoms with van der Waals surface area (Å²) in [6.45, 7) is 7.69. The number of unbranched alkanes of at least 4 members (excludes halogenated alkanes) is 1. The number of nitrogens with zero attached hydrogens (tertiary/aromatic N) is 2. The molecule has 0 atom stereocenters. The van der Waals surface area contributed by atoms with Gasteiger partial charge in [0.1, 0.15) is 11.7 Å². The lowest BCUT2D eigenvalue weighted by molar-refractivity contribution is -0.130. The number of sulfone groups is 1. The molecule has 0 unspecified atom stereocenters. The van der Waals surface area contributed by atoms with Crippen LogP contribution in [0.2, 0.25) is 10.0 Å². The van der Waals surface area contributed by atoms with E-state index >= 15 is 0 Å². The molecule has 2 aromatic rings. The van der Waals surface area contributed by atoms with Crippen molar-refractivity contribution in [2.45, 2.75) is 57.0 Å². The first-order chi connectivity index (χ1) is 16.9. The SMILES string of the molecule is Cc1c(Cl)ccc(S(=O)(=O)CNCCCCC(=O)N(C)Cc2ccc(C3=NCC(C)(C)N3)cc2)c1Cl. The smallest absolute Gasteiger partial charge is 0.222 e. The highest BCUT2D eigenvalue weighted by molar-refractivity contribution is 7.91. The number of nitrogens with one attached hydrogen (secondary N) is 2. The van der Waals surface area contributed by atoms with Crippen molar-refractivity contribution in [2.24, 2.45) is 4.99 Å². The number of carbonyl (C=O) groups is 1. The van der Waals surface area contributed by atoms with E-state index in [0.717, 1.165) is 23.5 Å². The molecular formula is C26H34Cl2N4O3S. The molecule has 0 spiro atoms. The number of hydrogen-bond donors (Lipinski definition) is 2. The van der Waals surface area contributed by atoms with Gasteiger partial charge in [0.15, 0.2) is 9.84 Å². The van der Waals surface area contributed by atoms with E-state index in [0.29, 0.717) is 42.9 Å². The van der Waals surface area contributed by atoms with E-state index in [1.807, 2.05) is 24.3 Å². The van der Waals surface area contributed by atoms with Crippen LogP contribution in [0, 0.1) is 6.92 Å². The Bertz CT molecular complexity index is 1230. The topological polar surface area (TPSA) is 90.9 Å². The van der Waals surface area contributed by atoms with Crippen molar-refractivity contribution >= 4 is 44.8 Å².